The van der Waals surface area contributed by atoms with Crippen molar-refractivity contribution in [2.45, 2.75) is 13.0 Å². The smallest absolute Gasteiger partial charge is 0.0931 e. The summed E-state index contributed by atoms with van der Waals surface area (Å²) >= 11 is 0. The number of benzene rings is 1. The molecule has 4 nitrogen and oxygen atoms in total. The van der Waals surface area contributed by atoms with Crippen LogP contribution < -0.4 is 0 Å². The lowest BCUT2D eigenvalue weighted by molar-refractivity contribution is 0.194. The standard InChI is InChI=1S/C14H13N3O/c1-10(18)13-7-6-12(9-15-13)17-14-5-3-2-4-11(14)8-16-17/h2-10,18H,1H3/t10-/m0/s1. The first-order chi connectivity index (χ1) is 8.75. The number of aliphatic hydroxyl groups is 1. The quantitative estimate of drug-likeness (QED) is 0.747. The van der Waals surface area contributed by atoms with Crippen molar-refractivity contribution in [3.63, 3.8) is 0 Å². The Morgan fingerprint density at radius 3 is 2.67 bits per heavy atom. The van der Waals surface area contributed by atoms with E-state index in [0.29, 0.717) is 5.69 Å². The van der Waals surface area contributed by atoms with E-state index in [1.165, 1.54) is 0 Å². The molecule has 0 aliphatic rings. The highest BCUT2D eigenvalue weighted by Crippen LogP contribution is 2.18. The molecule has 1 aromatic carbocycles. The van der Waals surface area contributed by atoms with Gasteiger partial charge >= 0.3 is 0 Å². The maximum atomic E-state index is 9.43. The minimum absolute atomic E-state index is 0.548. The van der Waals surface area contributed by atoms with Crippen molar-refractivity contribution in [3.05, 3.63) is 54.5 Å². The summed E-state index contributed by atoms with van der Waals surface area (Å²) in [7, 11) is 0. The van der Waals surface area contributed by atoms with E-state index in [1.807, 2.05) is 47.3 Å². The minimum Gasteiger partial charge on any atom is -0.387 e. The van der Waals surface area contributed by atoms with Crippen LogP contribution in [0.25, 0.3) is 16.6 Å². The Hall–Kier alpha value is -2.20. The highest BCUT2D eigenvalue weighted by Gasteiger charge is 2.06. The number of para-hydroxylation sites is 1. The Labute approximate surface area is 105 Å². The van der Waals surface area contributed by atoms with Crippen LogP contribution in [0.5, 0.6) is 0 Å². The summed E-state index contributed by atoms with van der Waals surface area (Å²) in [6, 6.07) is 11.7. The van der Waals surface area contributed by atoms with E-state index in [2.05, 4.69) is 10.1 Å². The van der Waals surface area contributed by atoms with Gasteiger partial charge in [0.15, 0.2) is 0 Å². The van der Waals surface area contributed by atoms with E-state index in [4.69, 9.17) is 0 Å². The van der Waals surface area contributed by atoms with Gasteiger partial charge in [0.1, 0.15) is 0 Å². The molecule has 4 heteroatoms. The van der Waals surface area contributed by atoms with Crippen LogP contribution >= 0.6 is 0 Å². The molecule has 2 aromatic heterocycles. The molecule has 1 atom stereocenters. The van der Waals surface area contributed by atoms with Gasteiger partial charge < -0.3 is 5.11 Å². The molecular weight excluding hydrogens is 226 g/mol. The van der Waals surface area contributed by atoms with Crippen molar-refractivity contribution >= 4 is 10.9 Å². The second kappa shape index (κ2) is 4.23. The molecule has 90 valence electrons. The second-order valence-electron chi connectivity index (χ2n) is 4.23. The summed E-state index contributed by atoms with van der Waals surface area (Å²) in [6.45, 7) is 1.70. The van der Waals surface area contributed by atoms with Crippen molar-refractivity contribution in [1.29, 1.82) is 0 Å². The van der Waals surface area contributed by atoms with Crippen LogP contribution in [-0.2, 0) is 0 Å². The first kappa shape index (κ1) is 10.9. The minimum atomic E-state index is -0.548. The molecule has 0 amide bonds. The number of aromatic nitrogens is 3. The highest BCUT2D eigenvalue weighted by molar-refractivity contribution is 5.79. The Bertz CT molecular complexity index is 671. The Morgan fingerprint density at radius 1 is 1.11 bits per heavy atom. The molecule has 0 saturated carbocycles. The molecule has 1 N–H and O–H groups in total. The molecule has 0 unspecified atom stereocenters. The molecule has 0 saturated heterocycles. The van der Waals surface area contributed by atoms with Crippen LogP contribution in [0.15, 0.2) is 48.8 Å². The first-order valence-electron chi connectivity index (χ1n) is 5.83. The van der Waals surface area contributed by atoms with Gasteiger partial charge in [0.25, 0.3) is 0 Å². The zero-order valence-electron chi connectivity index (χ0n) is 9.99. The fourth-order valence-electron chi connectivity index (χ4n) is 1.95. The maximum Gasteiger partial charge on any atom is 0.0931 e. The van der Waals surface area contributed by atoms with Crippen molar-refractivity contribution in [2.75, 3.05) is 0 Å². The van der Waals surface area contributed by atoms with Gasteiger partial charge in [-0.05, 0) is 25.1 Å². The lowest BCUT2D eigenvalue weighted by Crippen LogP contribution is -2.00. The predicted octanol–water partition coefficient (Wildman–Crippen LogP) is 2.47. The van der Waals surface area contributed by atoms with E-state index < -0.39 is 6.10 Å². The first-order valence-corrected chi connectivity index (χ1v) is 5.83. The van der Waals surface area contributed by atoms with E-state index in [-0.39, 0.29) is 0 Å². The van der Waals surface area contributed by atoms with Crippen LogP contribution in [0.1, 0.15) is 18.7 Å². The van der Waals surface area contributed by atoms with Crippen molar-refractivity contribution in [2.24, 2.45) is 0 Å². The van der Waals surface area contributed by atoms with Gasteiger partial charge in [0.2, 0.25) is 0 Å². The Morgan fingerprint density at radius 2 is 1.94 bits per heavy atom. The summed E-state index contributed by atoms with van der Waals surface area (Å²) in [5, 5.41) is 14.9. The third kappa shape index (κ3) is 1.76. The van der Waals surface area contributed by atoms with E-state index >= 15 is 0 Å². The third-order valence-corrected chi connectivity index (χ3v) is 2.92. The number of hydrogen-bond acceptors (Lipinski definition) is 3. The summed E-state index contributed by atoms with van der Waals surface area (Å²) in [4.78, 5) is 4.23. The van der Waals surface area contributed by atoms with Gasteiger partial charge in [-0.25, -0.2) is 4.68 Å². The van der Waals surface area contributed by atoms with Gasteiger partial charge in [-0.3, -0.25) is 4.98 Å². The van der Waals surface area contributed by atoms with Crippen LogP contribution in [0.2, 0.25) is 0 Å². The number of nitrogens with zero attached hydrogens (tertiary/aromatic N) is 3. The molecule has 0 spiro atoms. The van der Waals surface area contributed by atoms with Crippen LogP contribution in [0.3, 0.4) is 0 Å². The number of fused-ring (bicyclic) bond motifs is 1. The zero-order chi connectivity index (χ0) is 12.5. The van der Waals surface area contributed by atoms with Gasteiger partial charge in [0, 0.05) is 5.39 Å². The van der Waals surface area contributed by atoms with Gasteiger partial charge in [-0.15, -0.1) is 0 Å². The lowest BCUT2D eigenvalue weighted by atomic mass is 10.2. The largest absolute Gasteiger partial charge is 0.387 e. The van der Waals surface area contributed by atoms with Gasteiger partial charge in [-0.1, -0.05) is 18.2 Å². The summed E-state index contributed by atoms with van der Waals surface area (Å²) in [5.74, 6) is 0. The summed E-state index contributed by atoms with van der Waals surface area (Å²) < 4.78 is 1.84. The Balaban J connectivity index is 2.09. The summed E-state index contributed by atoms with van der Waals surface area (Å²) in [6.07, 6.45) is 3.01. The molecular formula is C14H13N3O. The van der Waals surface area contributed by atoms with Gasteiger partial charge in [-0.2, -0.15) is 5.10 Å². The summed E-state index contributed by atoms with van der Waals surface area (Å²) in [5.41, 5.74) is 2.60. The number of aliphatic hydroxyl groups excluding tert-OH is 1. The van der Waals surface area contributed by atoms with E-state index in [1.54, 1.807) is 13.1 Å². The molecule has 0 bridgehead atoms. The molecule has 0 radical (unpaired) electrons. The number of pyridine rings is 1. The third-order valence-electron chi connectivity index (χ3n) is 2.92. The fraction of sp³-hybridized carbons (Fsp3) is 0.143. The van der Waals surface area contributed by atoms with Crippen LogP contribution in [0, 0.1) is 0 Å². The predicted molar refractivity (Wildman–Crippen MR) is 69.5 cm³/mol. The maximum absolute atomic E-state index is 9.43. The number of rotatable bonds is 2. The second-order valence-corrected chi connectivity index (χ2v) is 4.23. The molecule has 18 heavy (non-hydrogen) atoms. The van der Waals surface area contributed by atoms with Crippen molar-refractivity contribution in [3.8, 4) is 5.69 Å². The Kier molecular flexibility index (Phi) is 2.57. The zero-order valence-corrected chi connectivity index (χ0v) is 9.99. The molecule has 0 aliphatic carbocycles. The SMILES string of the molecule is C[C@H](O)c1ccc(-n2ncc3ccccc32)cn1. The molecule has 3 aromatic rings. The topological polar surface area (TPSA) is 50.9 Å². The average molecular weight is 239 g/mol. The normalized spacial score (nSPS) is 12.8. The van der Waals surface area contributed by atoms with Crippen LogP contribution in [0.4, 0.5) is 0 Å². The van der Waals surface area contributed by atoms with E-state index in [9.17, 15) is 5.11 Å². The molecule has 0 aliphatic heterocycles. The van der Waals surface area contributed by atoms with Crippen molar-refractivity contribution in [1.82, 2.24) is 14.8 Å². The average Bonchev–Trinajstić information content (AvgIpc) is 2.82. The molecule has 3 rings (SSSR count). The molecule has 2 heterocycles. The lowest BCUT2D eigenvalue weighted by Gasteiger charge is -2.06. The monoisotopic (exact) mass is 239 g/mol. The van der Waals surface area contributed by atoms with E-state index in [0.717, 1.165) is 16.6 Å². The molecule has 0 fully saturated rings. The van der Waals surface area contributed by atoms with Gasteiger partial charge in [0.05, 0.1) is 35.4 Å². The van der Waals surface area contributed by atoms with Crippen LogP contribution in [-0.4, -0.2) is 19.9 Å². The van der Waals surface area contributed by atoms with Crippen molar-refractivity contribution < 1.29 is 5.11 Å². The fourth-order valence-corrected chi connectivity index (χ4v) is 1.95. The highest BCUT2D eigenvalue weighted by atomic mass is 16.3. The number of hydrogen-bond donors (Lipinski definition) is 1.